The van der Waals surface area contributed by atoms with Crippen molar-refractivity contribution in [1.29, 1.82) is 0 Å². The lowest BCUT2D eigenvalue weighted by Gasteiger charge is -2.21. The molecule has 1 aliphatic heterocycles. The average Bonchev–Trinajstić information content (AvgIpc) is 3.33. The Labute approximate surface area is 175 Å². The molecule has 30 heavy (non-hydrogen) atoms. The molecular formula is C23H25N3O4. The average molecular weight is 407 g/mol. The molecule has 0 radical (unpaired) electrons. The van der Waals surface area contributed by atoms with E-state index in [4.69, 9.17) is 0 Å². The first kappa shape index (κ1) is 20.1. The standard InChI is InChI=1S/C23H25N3O4/c1-15-7-8-17(22(30)26-12-18-10-23(18,13-26)14-27)9-19(15)25-20(28)11-24-21(29)16-5-3-2-4-6-16/h2-9,18,27H,10-14H2,1H3,(H,24,29)(H,25,28)/t18-,23+/m1/s1. The van der Waals surface area contributed by atoms with Crippen molar-refractivity contribution in [3.8, 4) is 0 Å². The van der Waals surface area contributed by atoms with E-state index in [9.17, 15) is 19.5 Å². The molecule has 1 saturated heterocycles. The van der Waals surface area contributed by atoms with Gasteiger partial charge >= 0.3 is 0 Å². The SMILES string of the molecule is Cc1ccc(C(=O)N2C[C@H]3C[C@@]3(CO)C2)cc1NC(=O)CNC(=O)c1ccccc1. The minimum atomic E-state index is -0.367. The molecule has 7 heteroatoms. The number of hydrogen-bond donors (Lipinski definition) is 3. The monoisotopic (exact) mass is 407 g/mol. The van der Waals surface area contributed by atoms with Crippen LogP contribution in [0.2, 0.25) is 0 Å². The van der Waals surface area contributed by atoms with E-state index in [1.165, 1.54) is 0 Å². The lowest BCUT2D eigenvalue weighted by molar-refractivity contribution is -0.115. The molecule has 0 bridgehead atoms. The van der Waals surface area contributed by atoms with Crippen LogP contribution < -0.4 is 10.6 Å². The Bertz CT molecular complexity index is 987. The molecule has 2 aromatic carbocycles. The Balaban J connectivity index is 1.37. The maximum absolute atomic E-state index is 12.9. The maximum Gasteiger partial charge on any atom is 0.253 e. The van der Waals surface area contributed by atoms with Crippen molar-refractivity contribution < 1.29 is 19.5 Å². The highest BCUT2D eigenvalue weighted by Gasteiger charge is 2.60. The number of aryl methyl sites for hydroxylation is 1. The van der Waals surface area contributed by atoms with Gasteiger partial charge in [0.05, 0.1) is 13.2 Å². The van der Waals surface area contributed by atoms with Gasteiger partial charge in [-0.25, -0.2) is 0 Å². The molecule has 7 nitrogen and oxygen atoms in total. The second-order valence-corrected chi connectivity index (χ2v) is 8.23. The molecule has 1 aliphatic carbocycles. The molecule has 156 valence electrons. The van der Waals surface area contributed by atoms with Crippen LogP contribution in [0.25, 0.3) is 0 Å². The van der Waals surface area contributed by atoms with Gasteiger partial charge < -0.3 is 20.6 Å². The summed E-state index contributed by atoms with van der Waals surface area (Å²) in [4.78, 5) is 39.0. The highest BCUT2D eigenvalue weighted by atomic mass is 16.3. The van der Waals surface area contributed by atoms with E-state index < -0.39 is 0 Å². The Morgan fingerprint density at radius 1 is 1.13 bits per heavy atom. The number of hydrogen-bond acceptors (Lipinski definition) is 4. The van der Waals surface area contributed by atoms with Crippen LogP contribution in [0.3, 0.4) is 0 Å². The van der Waals surface area contributed by atoms with Gasteiger partial charge in [0, 0.05) is 35.3 Å². The van der Waals surface area contributed by atoms with Gasteiger partial charge in [0.2, 0.25) is 5.91 Å². The number of nitrogens with one attached hydrogen (secondary N) is 2. The third kappa shape index (κ3) is 3.93. The summed E-state index contributed by atoms with van der Waals surface area (Å²) in [5.74, 6) is -0.391. The normalized spacial score (nSPS) is 21.7. The number of likely N-dealkylation sites (tertiary alicyclic amines) is 1. The molecule has 0 unspecified atom stereocenters. The summed E-state index contributed by atoms with van der Waals surface area (Å²) in [6.45, 7) is 3.04. The Morgan fingerprint density at radius 3 is 2.60 bits per heavy atom. The summed E-state index contributed by atoms with van der Waals surface area (Å²) in [7, 11) is 0. The van der Waals surface area contributed by atoms with Gasteiger partial charge in [-0.1, -0.05) is 24.3 Å². The van der Waals surface area contributed by atoms with Crippen LogP contribution in [0.15, 0.2) is 48.5 Å². The van der Waals surface area contributed by atoms with Crippen LogP contribution in [0.5, 0.6) is 0 Å². The minimum absolute atomic E-state index is 0.0945. The van der Waals surface area contributed by atoms with Crippen molar-refractivity contribution in [2.24, 2.45) is 11.3 Å². The number of anilines is 1. The van der Waals surface area contributed by atoms with Crippen LogP contribution in [0, 0.1) is 18.3 Å². The fourth-order valence-corrected chi connectivity index (χ4v) is 4.11. The van der Waals surface area contributed by atoms with E-state index in [-0.39, 0.29) is 36.3 Å². The van der Waals surface area contributed by atoms with Gasteiger partial charge in [0.25, 0.3) is 11.8 Å². The number of nitrogens with zero attached hydrogens (tertiary/aromatic N) is 1. The zero-order valence-electron chi connectivity index (χ0n) is 16.9. The highest BCUT2D eigenvalue weighted by molar-refractivity contribution is 6.01. The zero-order valence-corrected chi connectivity index (χ0v) is 16.9. The first-order valence-electron chi connectivity index (χ1n) is 10.1. The predicted octanol–water partition coefficient (Wildman–Crippen LogP) is 1.82. The topological polar surface area (TPSA) is 98.7 Å². The summed E-state index contributed by atoms with van der Waals surface area (Å²) in [6.07, 6.45) is 0.983. The van der Waals surface area contributed by atoms with Crippen LogP contribution in [-0.2, 0) is 4.79 Å². The summed E-state index contributed by atoms with van der Waals surface area (Å²) in [6, 6.07) is 13.9. The van der Waals surface area contributed by atoms with E-state index in [0.717, 1.165) is 12.0 Å². The predicted molar refractivity (Wildman–Crippen MR) is 112 cm³/mol. The number of rotatable bonds is 6. The zero-order chi connectivity index (χ0) is 21.3. The van der Waals surface area contributed by atoms with Gasteiger partial charge in [-0.05, 0) is 49.1 Å². The largest absolute Gasteiger partial charge is 0.396 e. The third-order valence-electron chi connectivity index (χ3n) is 6.11. The minimum Gasteiger partial charge on any atom is -0.396 e. The fourth-order valence-electron chi connectivity index (χ4n) is 4.11. The first-order valence-corrected chi connectivity index (χ1v) is 10.1. The number of amides is 3. The number of benzene rings is 2. The molecule has 1 heterocycles. The van der Waals surface area contributed by atoms with Gasteiger partial charge in [-0.3, -0.25) is 14.4 Å². The molecule has 2 aliphatic rings. The van der Waals surface area contributed by atoms with E-state index in [0.29, 0.717) is 35.8 Å². The van der Waals surface area contributed by atoms with Crippen LogP contribution in [0.1, 0.15) is 32.7 Å². The summed E-state index contributed by atoms with van der Waals surface area (Å²) in [5.41, 5.74) is 2.25. The van der Waals surface area contributed by atoms with Crippen molar-refractivity contribution in [1.82, 2.24) is 10.2 Å². The van der Waals surface area contributed by atoms with E-state index >= 15 is 0 Å². The van der Waals surface area contributed by atoms with Crippen LogP contribution in [-0.4, -0.2) is 54.0 Å². The van der Waals surface area contributed by atoms with Gasteiger partial charge in [0.15, 0.2) is 0 Å². The van der Waals surface area contributed by atoms with Gasteiger partial charge in [-0.2, -0.15) is 0 Å². The number of piperidine rings is 1. The molecule has 0 aromatic heterocycles. The molecule has 2 atom stereocenters. The van der Waals surface area contributed by atoms with Crippen molar-refractivity contribution in [3.05, 3.63) is 65.2 Å². The number of aliphatic hydroxyl groups is 1. The quantitative estimate of drug-likeness (QED) is 0.680. The number of carbonyl (C=O) groups excluding carboxylic acids is 3. The summed E-state index contributed by atoms with van der Waals surface area (Å²) < 4.78 is 0. The second kappa shape index (κ2) is 7.91. The molecule has 2 fully saturated rings. The lowest BCUT2D eigenvalue weighted by Crippen LogP contribution is -2.33. The third-order valence-corrected chi connectivity index (χ3v) is 6.11. The second-order valence-electron chi connectivity index (χ2n) is 8.23. The Morgan fingerprint density at radius 2 is 1.90 bits per heavy atom. The lowest BCUT2D eigenvalue weighted by atomic mass is 10.1. The number of carbonyl (C=O) groups is 3. The van der Waals surface area contributed by atoms with Crippen LogP contribution in [0.4, 0.5) is 5.69 Å². The van der Waals surface area contributed by atoms with E-state index in [1.807, 2.05) is 13.0 Å². The number of fused-ring (bicyclic) bond motifs is 1. The molecule has 1 saturated carbocycles. The first-order chi connectivity index (χ1) is 14.4. The molecule has 0 spiro atoms. The molecule has 2 aromatic rings. The summed E-state index contributed by atoms with van der Waals surface area (Å²) in [5, 5.41) is 14.9. The summed E-state index contributed by atoms with van der Waals surface area (Å²) >= 11 is 0. The van der Waals surface area contributed by atoms with Crippen molar-refractivity contribution >= 4 is 23.4 Å². The fraction of sp³-hybridized carbons (Fsp3) is 0.348. The Kier molecular flexibility index (Phi) is 5.30. The Hall–Kier alpha value is -3.19. The molecular weight excluding hydrogens is 382 g/mol. The smallest absolute Gasteiger partial charge is 0.253 e. The van der Waals surface area contributed by atoms with Gasteiger partial charge in [-0.15, -0.1) is 0 Å². The molecule has 3 amide bonds. The van der Waals surface area contributed by atoms with Crippen molar-refractivity contribution in [2.45, 2.75) is 13.3 Å². The van der Waals surface area contributed by atoms with Crippen LogP contribution >= 0.6 is 0 Å². The van der Waals surface area contributed by atoms with E-state index in [2.05, 4.69) is 10.6 Å². The molecule has 4 rings (SSSR count). The van der Waals surface area contributed by atoms with Crippen molar-refractivity contribution in [3.63, 3.8) is 0 Å². The van der Waals surface area contributed by atoms with Crippen molar-refractivity contribution in [2.75, 3.05) is 31.6 Å². The number of aliphatic hydroxyl groups excluding tert-OH is 1. The van der Waals surface area contributed by atoms with E-state index in [1.54, 1.807) is 47.4 Å². The molecule has 3 N–H and O–H groups in total. The van der Waals surface area contributed by atoms with Gasteiger partial charge in [0.1, 0.15) is 0 Å². The highest BCUT2D eigenvalue weighted by Crippen LogP contribution is 2.57. The maximum atomic E-state index is 12.9.